The van der Waals surface area contributed by atoms with Crippen molar-refractivity contribution in [3.8, 4) is 0 Å². The monoisotopic (exact) mass is 420 g/mol. The van der Waals surface area contributed by atoms with Crippen LogP contribution in [0.2, 0.25) is 0 Å². The molecule has 1 aromatic carbocycles. The van der Waals surface area contributed by atoms with E-state index in [1.54, 1.807) is 20.8 Å². The predicted octanol–water partition coefficient (Wildman–Crippen LogP) is 3.68. The molecule has 2 amide bonds. The minimum absolute atomic E-state index is 0.0660. The van der Waals surface area contributed by atoms with E-state index in [2.05, 4.69) is 10.6 Å². The topological polar surface area (TPSA) is 103 Å². The third-order valence-electron chi connectivity index (χ3n) is 4.47. The molecule has 0 aromatic heterocycles. The van der Waals surface area contributed by atoms with Crippen molar-refractivity contribution in [3.63, 3.8) is 0 Å². The smallest absolute Gasteiger partial charge is 0.408 e. The van der Waals surface area contributed by atoms with Gasteiger partial charge in [0.2, 0.25) is 0 Å². The van der Waals surface area contributed by atoms with E-state index in [1.165, 1.54) is 0 Å². The largest absolute Gasteiger partial charge is 0.461 e. The lowest BCUT2D eigenvalue weighted by molar-refractivity contribution is -0.152. The Kier molecular flexibility index (Phi) is 8.95. The van der Waals surface area contributed by atoms with E-state index in [4.69, 9.17) is 14.2 Å². The molecule has 1 unspecified atom stereocenters. The highest BCUT2D eigenvalue weighted by Gasteiger charge is 2.28. The maximum absolute atomic E-state index is 12.6. The number of rotatable bonds is 7. The Balaban J connectivity index is 1.91. The summed E-state index contributed by atoms with van der Waals surface area (Å²) >= 11 is 0. The first-order chi connectivity index (χ1) is 14.2. The Hall–Kier alpha value is -2.77. The van der Waals surface area contributed by atoms with Gasteiger partial charge in [-0.25, -0.2) is 14.4 Å². The standard InChI is InChI=1S/C22H32N2O6/c1-22(2,3)30-20(26)23-14-18(19(25)29-17-12-8-5-9-13-17)24-21(27)28-15-16-10-6-4-7-11-16/h4,6-7,10-11,17-18H,5,8-9,12-15H2,1-3H3,(H,23,26)(H,24,27). The molecule has 30 heavy (non-hydrogen) atoms. The molecule has 8 heteroatoms. The van der Waals surface area contributed by atoms with Gasteiger partial charge in [-0.15, -0.1) is 0 Å². The maximum atomic E-state index is 12.6. The van der Waals surface area contributed by atoms with Crippen LogP contribution in [0.25, 0.3) is 0 Å². The number of hydrogen-bond donors (Lipinski definition) is 2. The van der Waals surface area contributed by atoms with Crippen LogP contribution in [0.15, 0.2) is 30.3 Å². The Labute approximate surface area is 177 Å². The lowest BCUT2D eigenvalue weighted by Crippen LogP contribution is -2.50. The predicted molar refractivity (Wildman–Crippen MR) is 111 cm³/mol. The fraction of sp³-hybridized carbons (Fsp3) is 0.591. The van der Waals surface area contributed by atoms with Crippen LogP contribution in [0.3, 0.4) is 0 Å². The fourth-order valence-corrected chi connectivity index (χ4v) is 3.03. The van der Waals surface area contributed by atoms with Crippen molar-refractivity contribution < 1.29 is 28.6 Å². The van der Waals surface area contributed by atoms with Gasteiger partial charge in [0, 0.05) is 0 Å². The van der Waals surface area contributed by atoms with Gasteiger partial charge in [0.05, 0.1) is 6.54 Å². The zero-order valence-electron chi connectivity index (χ0n) is 17.9. The van der Waals surface area contributed by atoms with Gasteiger partial charge < -0.3 is 24.8 Å². The molecular weight excluding hydrogens is 388 g/mol. The van der Waals surface area contributed by atoms with Crippen molar-refractivity contribution in [2.45, 2.75) is 77.2 Å². The zero-order valence-corrected chi connectivity index (χ0v) is 17.9. The summed E-state index contributed by atoms with van der Waals surface area (Å²) in [5.74, 6) is -0.602. The number of ether oxygens (including phenoxy) is 3. The molecule has 0 radical (unpaired) electrons. The second kappa shape index (κ2) is 11.4. The molecule has 1 atom stereocenters. The summed E-state index contributed by atoms with van der Waals surface area (Å²) < 4.78 is 15.9. The molecule has 1 aliphatic carbocycles. The number of amides is 2. The summed E-state index contributed by atoms with van der Waals surface area (Å²) in [6, 6.07) is 8.11. The third kappa shape index (κ3) is 9.15. The summed E-state index contributed by atoms with van der Waals surface area (Å²) in [6.07, 6.45) is 3.12. The number of carbonyl (C=O) groups is 3. The van der Waals surface area contributed by atoms with Gasteiger partial charge >= 0.3 is 18.2 Å². The number of esters is 1. The average molecular weight is 421 g/mol. The van der Waals surface area contributed by atoms with Gasteiger partial charge in [0.25, 0.3) is 0 Å². The van der Waals surface area contributed by atoms with Crippen LogP contribution in [0.4, 0.5) is 9.59 Å². The Morgan fingerprint density at radius 2 is 1.70 bits per heavy atom. The molecule has 0 heterocycles. The van der Waals surface area contributed by atoms with E-state index in [-0.39, 0.29) is 19.3 Å². The lowest BCUT2D eigenvalue weighted by Gasteiger charge is -2.25. The normalized spacial score (nSPS) is 15.6. The van der Waals surface area contributed by atoms with Crippen LogP contribution in [0.5, 0.6) is 0 Å². The summed E-state index contributed by atoms with van der Waals surface area (Å²) in [5.41, 5.74) is 0.144. The number of hydrogen-bond acceptors (Lipinski definition) is 6. The number of benzene rings is 1. The van der Waals surface area contributed by atoms with Crippen LogP contribution < -0.4 is 10.6 Å². The third-order valence-corrected chi connectivity index (χ3v) is 4.47. The Morgan fingerprint density at radius 3 is 2.33 bits per heavy atom. The van der Waals surface area contributed by atoms with Gasteiger partial charge in [-0.3, -0.25) is 0 Å². The van der Waals surface area contributed by atoms with E-state index >= 15 is 0 Å². The summed E-state index contributed by atoms with van der Waals surface area (Å²) in [7, 11) is 0. The molecule has 1 aliphatic rings. The first-order valence-corrected chi connectivity index (χ1v) is 10.4. The minimum atomic E-state index is -1.08. The molecule has 1 fully saturated rings. The SMILES string of the molecule is CC(C)(C)OC(=O)NCC(NC(=O)OCc1ccccc1)C(=O)OC1CCCCC1. The van der Waals surface area contributed by atoms with Crippen molar-refractivity contribution in [2.24, 2.45) is 0 Å². The minimum Gasteiger partial charge on any atom is -0.461 e. The van der Waals surface area contributed by atoms with E-state index in [0.29, 0.717) is 0 Å². The second-order valence-corrected chi connectivity index (χ2v) is 8.34. The number of carbonyl (C=O) groups excluding carboxylic acids is 3. The first-order valence-electron chi connectivity index (χ1n) is 10.4. The van der Waals surface area contributed by atoms with Gasteiger partial charge in [-0.2, -0.15) is 0 Å². The van der Waals surface area contributed by atoms with E-state index in [1.807, 2.05) is 30.3 Å². The average Bonchev–Trinajstić information content (AvgIpc) is 2.69. The number of alkyl carbamates (subject to hydrolysis) is 2. The van der Waals surface area contributed by atoms with Gasteiger partial charge in [0.1, 0.15) is 24.4 Å². The quantitative estimate of drug-likeness (QED) is 0.515. The Morgan fingerprint density at radius 1 is 1.03 bits per heavy atom. The van der Waals surface area contributed by atoms with E-state index in [0.717, 1.165) is 37.7 Å². The first kappa shape index (κ1) is 23.5. The highest BCUT2D eigenvalue weighted by atomic mass is 16.6. The zero-order chi connectivity index (χ0) is 22.0. The maximum Gasteiger partial charge on any atom is 0.408 e. The highest BCUT2D eigenvalue weighted by Crippen LogP contribution is 2.20. The van der Waals surface area contributed by atoms with E-state index in [9.17, 15) is 14.4 Å². The van der Waals surface area contributed by atoms with Gasteiger partial charge in [0.15, 0.2) is 0 Å². The molecular formula is C22H32N2O6. The molecule has 1 saturated carbocycles. The molecule has 8 nitrogen and oxygen atoms in total. The summed E-state index contributed by atoms with van der Waals surface area (Å²) in [6.45, 7) is 5.11. The number of nitrogens with one attached hydrogen (secondary N) is 2. The molecule has 0 spiro atoms. The van der Waals surface area contributed by atoms with Crippen LogP contribution in [0, 0.1) is 0 Å². The molecule has 166 valence electrons. The van der Waals surface area contributed by atoms with Gasteiger partial charge in [-0.1, -0.05) is 36.8 Å². The van der Waals surface area contributed by atoms with E-state index < -0.39 is 29.8 Å². The van der Waals surface area contributed by atoms with Crippen molar-refractivity contribution in [3.05, 3.63) is 35.9 Å². The van der Waals surface area contributed by atoms with Crippen molar-refractivity contribution in [2.75, 3.05) is 6.54 Å². The lowest BCUT2D eigenvalue weighted by atomic mass is 9.98. The summed E-state index contributed by atoms with van der Waals surface area (Å²) in [5, 5.41) is 4.99. The Bertz CT molecular complexity index is 695. The molecule has 0 aliphatic heterocycles. The van der Waals surface area contributed by atoms with Crippen LogP contribution >= 0.6 is 0 Å². The van der Waals surface area contributed by atoms with Crippen molar-refractivity contribution >= 4 is 18.2 Å². The second-order valence-electron chi connectivity index (χ2n) is 8.34. The van der Waals surface area contributed by atoms with Crippen LogP contribution in [0.1, 0.15) is 58.4 Å². The molecule has 1 aromatic rings. The van der Waals surface area contributed by atoms with Crippen molar-refractivity contribution in [1.82, 2.24) is 10.6 Å². The van der Waals surface area contributed by atoms with Crippen LogP contribution in [-0.2, 0) is 25.6 Å². The summed E-state index contributed by atoms with van der Waals surface area (Å²) in [4.78, 5) is 36.8. The molecule has 0 bridgehead atoms. The highest BCUT2D eigenvalue weighted by molar-refractivity contribution is 5.82. The van der Waals surface area contributed by atoms with Gasteiger partial charge in [-0.05, 0) is 52.0 Å². The molecule has 0 saturated heterocycles. The van der Waals surface area contributed by atoms with Crippen LogP contribution in [-0.4, -0.2) is 42.4 Å². The molecule has 2 rings (SSSR count). The fourth-order valence-electron chi connectivity index (χ4n) is 3.03. The molecule has 2 N–H and O–H groups in total. The van der Waals surface area contributed by atoms with Crippen molar-refractivity contribution in [1.29, 1.82) is 0 Å².